The molecule has 6 nitrogen and oxygen atoms in total. The first kappa shape index (κ1) is 15.4. The second-order valence-electron chi connectivity index (χ2n) is 4.76. The van der Waals surface area contributed by atoms with Gasteiger partial charge in [0.1, 0.15) is 0 Å². The number of hydrogen-bond donors (Lipinski definition) is 4. The van der Waals surface area contributed by atoms with E-state index in [0.29, 0.717) is 0 Å². The van der Waals surface area contributed by atoms with Gasteiger partial charge < -0.3 is 14.7 Å². The van der Waals surface area contributed by atoms with Crippen molar-refractivity contribution in [3.8, 4) is 0 Å². The van der Waals surface area contributed by atoms with E-state index in [1.165, 1.54) is 0 Å². The molecule has 1 aliphatic carbocycles. The van der Waals surface area contributed by atoms with Crippen LogP contribution in [-0.2, 0) is 9.13 Å². The van der Waals surface area contributed by atoms with Crippen LogP contribution in [0.4, 0.5) is 0 Å². The lowest BCUT2D eigenvalue weighted by Gasteiger charge is -2.27. The van der Waals surface area contributed by atoms with E-state index in [1.807, 2.05) is 0 Å². The third kappa shape index (κ3) is 5.21. The van der Waals surface area contributed by atoms with Gasteiger partial charge in [-0.15, -0.1) is 0 Å². The van der Waals surface area contributed by atoms with Gasteiger partial charge in [-0.1, -0.05) is 25.7 Å². The Labute approximate surface area is 101 Å². The van der Waals surface area contributed by atoms with Crippen LogP contribution in [0.25, 0.3) is 0 Å². The molecule has 0 aliphatic heterocycles. The molecule has 102 valence electrons. The van der Waals surface area contributed by atoms with Crippen molar-refractivity contribution in [1.29, 1.82) is 0 Å². The zero-order valence-electron chi connectivity index (χ0n) is 9.95. The topological polar surface area (TPSA) is 107 Å². The van der Waals surface area contributed by atoms with Gasteiger partial charge >= 0.3 is 7.60 Å². The molecule has 17 heavy (non-hydrogen) atoms. The predicted molar refractivity (Wildman–Crippen MR) is 66.2 cm³/mol. The summed E-state index contributed by atoms with van der Waals surface area (Å²) >= 11 is 0. The summed E-state index contributed by atoms with van der Waals surface area (Å²) in [5, 5.41) is 2.70. The van der Waals surface area contributed by atoms with Crippen LogP contribution in [-0.4, -0.2) is 32.9 Å². The number of nitrogens with one attached hydrogen (secondary N) is 1. The Morgan fingerprint density at radius 1 is 1.06 bits per heavy atom. The van der Waals surface area contributed by atoms with E-state index < -0.39 is 20.5 Å². The van der Waals surface area contributed by atoms with E-state index in [2.05, 4.69) is 5.32 Å². The van der Waals surface area contributed by atoms with Gasteiger partial charge in [0.15, 0.2) is 5.52 Å². The van der Waals surface area contributed by atoms with Crippen LogP contribution < -0.4 is 5.32 Å². The molecule has 0 bridgehead atoms. The monoisotopic (exact) mass is 285 g/mol. The molecule has 0 heterocycles. The minimum Gasteiger partial charge on any atom is -0.343 e. The SMILES string of the molecule is CP(=O)(O)C(NC1CCCCCC1)P(=O)(O)O. The summed E-state index contributed by atoms with van der Waals surface area (Å²) in [5.74, 6) is 0. The molecule has 0 aromatic carbocycles. The molecule has 0 saturated heterocycles. The van der Waals surface area contributed by atoms with Gasteiger partial charge in [0.05, 0.1) is 0 Å². The molecule has 2 atom stereocenters. The van der Waals surface area contributed by atoms with E-state index in [-0.39, 0.29) is 6.04 Å². The highest BCUT2D eigenvalue weighted by atomic mass is 31.2. The Bertz CT molecular complexity index is 306. The summed E-state index contributed by atoms with van der Waals surface area (Å²) in [7, 11) is -8.45. The van der Waals surface area contributed by atoms with Crippen LogP contribution in [0.5, 0.6) is 0 Å². The minimum absolute atomic E-state index is 0.0736. The van der Waals surface area contributed by atoms with Crippen LogP contribution in [0.15, 0.2) is 0 Å². The molecule has 1 aliphatic rings. The molecule has 1 saturated carbocycles. The summed E-state index contributed by atoms with van der Waals surface area (Å²) in [5.41, 5.74) is -1.63. The normalized spacial score (nSPS) is 24.9. The smallest absolute Gasteiger partial charge is 0.343 e. The highest BCUT2D eigenvalue weighted by Gasteiger charge is 2.41. The van der Waals surface area contributed by atoms with Crippen molar-refractivity contribution in [2.45, 2.75) is 50.1 Å². The van der Waals surface area contributed by atoms with Crippen LogP contribution in [0.3, 0.4) is 0 Å². The minimum atomic E-state index is -4.60. The third-order valence-electron chi connectivity index (χ3n) is 3.01. The van der Waals surface area contributed by atoms with Gasteiger partial charge in [0, 0.05) is 12.7 Å². The molecule has 0 aromatic rings. The molecular weight excluding hydrogens is 264 g/mol. The van der Waals surface area contributed by atoms with Crippen LogP contribution in [0.1, 0.15) is 38.5 Å². The fourth-order valence-electron chi connectivity index (χ4n) is 2.17. The largest absolute Gasteiger partial charge is 0.352 e. The Morgan fingerprint density at radius 3 is 1.88 bits per heavy atom. The maximum atomic E-state index is 11.5. The van der Waals surface area contributed by atoms with E-state index >= 15 is 0 Å². The van der Waals surface area contributed by atoms with Gasteiger partial charge in [-0.25, -0.2) is 0 Å². The Hall–Kier alpha value is 0.300. The van der Waals surface area contributed by atoms with Crippen molar-refractivity contribution in [2.24, 2.45) is 0 Å². The van der Waals surface area contributed by atoms with Crippen molar-refractivity contribution >= 4 is 15.0 Å². The quantitative estimate of drug-likeness (QED) is 0.462. The average molecular weight is 285 g/mol. The maximum absolute atomic E-state index is 11.5. The fourth-order valence-corrected chi connectivity index (χ4v) is 5.30. The number of hydrogen-bond acceptors (Lipinski definition) is 3. The molecule has 0 aromatic heterocycles. The summed E-state index contributed by atoms with van der Waals surface area (Å²) in [6.45, 7) is 0.987. The van der Waals surface area contributed by atoms with Crippen molar-refractivity contribution in [3.05, 3.63) is 0 Å². The second-order valence-corrected chi connectivity index (χ2v) is 9.27. The Balaban J connectivity index is 2.72. The van der Waals surface area contributed by atoms with E-state index in [1.54, 1.807) is 0 Å². The molecule has 8 heteroatoms. The zero-order valence-corrected chi connectivity index (χ0v) is 11.7. The van der Waals surface area contributed by atoms with E-state index in [4.69, 9.17) is 9.79 Å². The van der Waals surface area contributed by atoms with Gasteiger partial charge in [-0.3, -0.25) is 14.4 Å². The second kappa shape index (κ2) is 5.96. The molecule has 2 unspecified atom stereocenters. The van der Waals surface area contributed by atoms with Crippen molar-refractivity contribution < 1.29 is 23.8 Å². The van der Waals surface area contributed by atoms with Gasteiger partial charge in [0.25, 0.3) is 0 Å². The first-order chi connectivity index (χ1) is 7.71. The summed E-state index contributed by atoms with van der Waals surface area (Å²) in [4.78, 5) is 27.7. The standard InChI is InChI=1S/C9H21NO5P2/c1-16(11,12)9(17(13,14)15)10-8-6-4-2-3-5-7-8/h8-10H,2-7H2,1H3,(H,11,12)(H2,13,14,15). The molecule has 0 spiro atoms. The van der Waals surface area contributed by atoms with Crippen molar-refractivity contribution in [2.75, 3.05) is 6.66 Å². The lowest BCUT2D eigenvalue weighted by atomic mass is 10.1. The Morgan fingerprint density at radius 2 is 1.53 bits per heavy atom. The Kier molecular flexibility index (Phi) is 5.39. The summed E-state index contributed by atoms with van der Waals surface area (Å²) in [6, 6.07) is -0.0736. The first-order valence-electron chi connectivity index (χ1n) is 5.82. The predicted octanol–water partition coefficient (Wildman–Crippen LogP) is 1.66. The van der Waals surface area contributed by atoms with E-state index in [0.717, 1.165) is 45.2 Å². The molecule has 0 amide bonds. The van der Waals surface area contributed by atoms with Crippen LogP contribution >= 0.6 is 15.0 Å². The van der Waals surface area contributed by atoms with E-state index in [9.17, 15) is 14.0 Å². The highest BCUT2D eigenvalue weighted by molar-refractivity contribution is 7.73. The lowest BCUT2D eigenvalue weighted by molar-refractivity contribution is 0.342. The van der Waals surface area contributed by atoms with Gasteiger partial charge in [-0.05, 0) is 12.8 Å². The fraction of sp³-hybridized carbons (Fsp3) is 1.00. The van der Waals surface area contributed by atoms with Crippen LogP contribution in [0, 0.1) is 0 Å². The molecule has 4 N–H and O–H groups in total. The maximum Gasteiger partial charge on any atom is 0.352 e. The molecule has 1 rings (SSSR count). The molecular formula is C9H21NO5P2. The molecule has 0 radical (unpaired) electrons. The molecule has 1 fully saturated rings. The average Bonchev–Trinajstić information content (AvgIpc) is 2.38. The van der Waals surface area contributed by atoms with Crippen molar-refractivity contribution in [1.82, 2.24) is 5.32 Å². The van der Waals surface area contributed by atoms with Gasteiger partial charge in [0.2, 0.25) is 7.37 Å². The lowest BCUT2D eigenvalue weighted by Crippen LogP contribution is -2.37. The zero-order chi connectivity index (χ0) is 13.1. The van der Waals surface area contributed by atoms with Crippen LogP contribution in [0.2, 0.25) is 0 Å². The summed E-state index contributed by atoms with van der Waals surface area (Å²) < 4.78 is 22.8. The first-order valence-corrected chi connectivity index (χ1v) is 9.68. The summed E-state index contributed by atoms with van der Waals surface area (Å²) in [6.07, 6.45) is 5.81. The number of rotatable bonds is 4. The third-order valence-corrected chi connectivity index (χ3v) is 7.04. The van der Waals surface area contributed by atoms with Crippen molar-refractivity contribution in [3.63, 3.8) is 0 Å². The highest BCUT2D eigenvalue weighted by Crippen LogP contribution is 2.58. The van der Waals surface area contributed by atoms with Gasteiger partial charge in [-0.2, -0.15) is 0 Å².